The molecule has 4 atom stereocenters. The van der Waals surface area contributed by atoms with Crippen molar-refractivity contribution >= 4 is 0 Å². The van der Waals surface area contributed by atoms with Crippen LogP contribution >= 0.6 is 0 Å². The van der Waals surface area contributed by atoms with Gasteiger partial charge in [-0.3, -0.25) is 5.32 Å². The minimum Gasteiger partial charge on any atom is -0.353 e. The van der Waals surface area contributed by atoms with Crippen molar-refractivity contribution in [3.63, 3.8) is 0 Å². The van der Waals surface area contributed by atoms with E-state index in [9.17, 15) is 0 Å². The van der Waals surface area contributed by atoms with Crippen LogP contribution in [0.1, 0.15) is 119 Å². The van der Waals surface area contributed by atoms with Crippen molar-refractivity contribution in [1.29, 1.82) is 0 Å². The molecule has 2 saturated heterocycles. The molecule has 0 spiro atoms. The van der Waals surface area contributed by atoms with Crippen molar-refractivity contribution < 1.29 is 18.9 Å². The molecule has 0 bridgehead atoms. The van der Waals surface area contributed by atoms with Crippen LogP contribution in [0.3, 0.4) is 0 Å². The highest BCUT2D eigenvalue weighted by Crippen LogP contribution is 2.26. The van der Waals surface area contributed by atoms with E-state index in [1.165, 1.54) is 25.7 Å². The molecule has 0 aliphatic carbocycles. The maximum absolute atomic E-state index is 6.42. The van der Waals surface area contributed by atoms with Gasteiger partial charge < -0.3 is 18.9 Å². The third-order valence-corrected chi connectivity index (χ3v) is 6.07. The van der Waals surface area contributed by atoms with E-state index in [1.807, 2.05) is 0 Å². The third-order valence-electron chi connectivity index (χ3n) is 6.07. The van der Waals surface area contributed by atoms with Gasteiger partial charge >= 0.3 is 0 Å². The second-order valence-corrected chi connectivity index (χ2v) is 11.9. The zero-order valence-corrected chi connectivity index (χ0v) is 21.3. The summed E-state index contributed by atoms with van der Waals surface area (Å²) in [6.07, 6.45) is 12.9. The Bertz CT molecular complexity index is 417. The molecular formula is C26H51NO4. The standard InChI is InChI=1S/C26H51NO4/c1-25(2,3)17-11-13-21(30-23-15-7-9-19-28-23)27-22(14-12-18-26(4,5)6)31-24-16-8-10-20-29-24/h21-24,27H,7-20H2,1-6H3. The molecule has 4 unspecified atom stereocenters. The molecule has 2 heterocycles. The van der Waals surface area contributed by atoms with Crippen molar-refractivity contribution in [2.45, 2.75) is 144 Å². The lowest BCUT2D eigenvalue weighted by molar-refractivity contribution is -0.228. The summed E-state index contributed by atoms with van der Waals surface area (Å²) in [5, 5.41) is 3.72. The van der Waals surface area contributed by atoms with Crippen LogP contribution in [0.4, 0.5) is 0 Å². The van der Waals surface area contributed by atoms with Crippen LogP contribution in [0.5, 0.6) is 0 Å². The fourth-order valence-electron chi connectivity index (χ4n) is 4.23. The highest BCUT2D eigenvalue weighted by atomic mass is 16.7. The van der Waals surface area contributed by atoms with Gasteiger partial charge in [0.05, 0.1) is 0 Å². The van der Waals surface area contributed by atoms with E-state index in [1.54, 1.807) is 0 Å². The molecule has 0 radical (unpaired) electrons. The van der Waals surface area contributed by atoms with Gasteiger partial charge in [0, 0.05) is 13.2 Å². The van der Waals surface area contributed by atoms with Gasteiger partial charge in [-0.2, -0.15) is 0 Å². The molecule has 184 valence electrons. The normalized spacial score (nSPS) is 25.4. The van der Waals surface area contributed by atoms with Gasteiger partial charge in [-0.05, 0) is 87.9 Å². The fraction of sp³-hybridized carbons (Fsp3) is 1.00. The number of nitrogens with one attached hydrogen (secondary N) is 1. The van der Waals surface area contributed by atoms with Crippen LogP contribution < -0.4 is 5.32 Å². The minimum absolute atomic E-state index is 0.0475. The summed E-state index contributed by atoms with van der Waals surface area (Å²) in [6, 6.07) is 0. The lowest BCUT2D eigenvalue weighted by atomic mass is 9.89. The summed E-state index contributed by atoms with van der Waals surface area (Å²) in [6.45, 7) is 15.4. The molecule has 0 amide bonds. The first kappa shape index (κ1) is 27.0. The van der Waals surface area contributed by atoms with E-state index < -0.39 is 0 Å². The van der Waals surface area contributed by atoms with Crippen LogP contribution in [-0.4, -0.2) is 38.2 Å². The van der Waals surface area contributed by atoms with Gasteiger partial charge in [-0.25, -0.2) is 0 Å². The Balaban J connectivity index is 1.95. The van der Waals surface area contributed by atoms with Gasteiger partial charge in [0.1, 0.15) is 12.5 Å². The molecule has 5 nitrogen and oxygen atoms in total. The van der Waals surface area contributed by atoms with E-state index >= 15 is 0 Å². The molecule has 0 aromatic carbocycles. The van der Waals surface area contributed by atoms with Gasteiger partial charge in [0.25, 0.3) is 0 Å². The van der Waals surface area contributed by atoms with Crippen molar-refractivity contribution in [1.82, 2.24) is 5.32 Å². The van der Waals surface area contributed by atoms with Gasteiger partial charge in [0.2, 0.25) is 0 Å². The van der Waals surface area contributed by atoms with E-state index in [-0.39, 0.29) is 25.0 Å². The maximum atomic E-state index is 6.42. The Morgan fingerprint density at radius 3 is 1.45 bits per heavy atom. The van der Waals surface area contributed by atoms with Crippen LogP contribution in [0.15, 0.2) is 0 Å². The molecule has 31 heavy (non-hydrogen) atoms. The zero-order valence-electron chi connectivity index (χ0n) is 21.3. The van der Waals surface area contributed by atoms with Crippen LogP contribution in [0, 0.1) is 10.8 Å². The van der Waals surface area contributed by atoms with E-state index in [4.69, 9.17) is 18.9 Å². The monoisotopic (exact) mass is 441 g/mol. The number of hydrogen-bond acceptors (Lipinski definition) is 5. The van der Waals surface area contributed by atoms with E-state index in [0.717, 1.165) is 64.6 Å². The Kier molecular flexibility index (Phi) is 11.8. The predicted molar refractivity (Wildman–Crippen MR) is 127 cm³/mol. The maximum Gasteiger partial charge on any atom is 0.159 e. The first-order chi connectivity index (χ1) is 14.6. The SMILES string of the molecule is CC(C)(C)CCCC(NC(CCCC(C)(C)C)OC1CCCCO1)OC1CCCCO1. The molecule has 2 aliphatic rings. The van der Waals surface area contributed by atoms with Crippen molar-refractivity contribution in [2.24, 2.45) is 10.8 Å². The average molecular weight is 442 g/mol. The summed E-state index contributed by atoms with van der Waals surface area (Å²) >= 11 is 0. The molecule has 2 rings (SSSR count). The van der Waals surface area contributed by atoms with Crippen molar-refractivity contribution in [3.05, 3.63) is 0 Å². The molecule has 2 fully saturated rings. The quantitative estimate of drug-likeness (QED) is 0.340. The molecule has 5 heteroatoms. The molecule has 1 N–H and O–H groups in total. The lowest BCUT2D eigenvalue weighted by Crippen LogP contribution is -2.46. The number of rotatable bonds is 12. The highest BCUT2D eigenvalue weighted by molar-refractivity contribution is 4.70. The largest absolute Gasteiger partial charge is 0.353 e. The summed E-state index contributed by atoms with van der Waals surface area (Å²) in [5.74, 6) is 0. The summed E-state index contributed by atoms with van der Waals surface area (Å²) < 4.78 is 24.6. The average Bonchev–Trinajstić information content (AvgIpc) is 2.67. The van der Waals surface area contributed by atoms with Crippen LogP contribution in [0.25, 0.3) is 0 Å². The van der Waals surface area contributed by atoms with Crippen molar-refractivity contribution in [3.8, 4) is 0 Å². The summed E-state index contributed by atoms with van der Waals surface area (Å²) in [4.78, 5) is 0. The highest BCUT2D eigenvalue weighted by Gasteiger charge is 2.26. The summed E-state index contributed by atoms with van der Waals surface area (Å²) in [5.41, 5.74) is 0.675. The topological polar surface area (TPSA) is 49.0 Å². The Morgan fingerprint density at radius 1 is 0.710 bits per heavy atom. The molecule has 2 aliphatic heterocycles. The first-order valence-corrected chi connectivity index (χ1v) is 12.9. The molecular weight excluding hydrogens is 390 g/mol. The van der Waals surface area contributed by atoms with E-state index in [2.05, 4.69) is 46.9 Å². The minimum atomic E-state index is -0.0953. The van der Waals surface area contributed by atoms with E-state index in [0.29, 0.717) is 10.8 Å². The number of hydrogen-bond donors (Lipinski definition) is 1. The Hall–Kier alpha value is -0.200. The lowest BCUT2D eigenvalue weighted by Gasteiger charge is -2.34. The second-order valence-electron chi connectivity index (χ2n) is 11.9. The predicted octanol–water partition coefficient (Wildman–Crippen LogP) is 6.75. The number of ether oxygens (including phenoxy) is 4. The first-order valence-electron chi connectivity index (χ1n) is 12.9. The van der Waals surface area contributed by atoms with Gasteiger partial charge in [0.15, 0.2) is 12.6 Å². The smallest absolute Gasteiger partial charge is 0.159 e. The van der Waals surface area contributed by atoms with Crippen LogP contribution in [-0.2, 0) is 18.9 Å². The fourth-order valence-corrected chi connectivity index (χ4v) is 4.23. The van der Waals surface area contributed by atoms with Gasteiger partial charge in [-0.1, -0.05) is 41.5 Å². The molecule has 0 aromatic rings. The molecule has 0 saturated carbocycles. The summed E-state index contributed by atoms with van der Waals surface area (Å²) in [7, 11) is 0. The second kappa shape index (κ2) is 13.5. The zero-order chi connectivity index (χ0) is 22.7. The molecule has 0 aromatic heterocycles. The van der Waals surface area contributed by atoms with Crippen LogP contribution in [0.2, 0.25) is 0 Å². The Labute approximate surface area is 192 Å². The van der Waals surface area contributed by atoms with Crippen molar-refractivity contribution in [2.75, 3.05) is 13.2 Å². The Morgan fingerprint density at radius 2 is 1.13 bits per heavy atom. The third kappa shape index (κ3) is 13.2. The van der Waals surface area contributed by atoms with Gasteiger partial charge in [-0.15, -0.1) is 0 Å².